The van der Waals surface area contributed by atoms with Crippen molar-refractivity contribution in [1.29, 1.82) is 0 Å². The molecule has 2 aromatic carbocycles. The summed E-state index contributed by atoms with van der Waals surface area (Å²) in [6, 6.07) is 10.0. The molecule has 2 atom stereocenters. The van der Waals surface area contributed by atoms with Gasteiger partial charge in [-0.3, -0.25) is 4.79 Å². The minimum Gasteiger partial charge on any atom is -0.497 e. The van der Waals surface area contributed by atoms with E-state index in [1.165, 1.54) is 4.90 Å². The highest BCUT2D eigenvalue weighted by atomic mass is 19.1. The molecule has 0 bridgehead atoms. The van der Waals surface area contributed by atoms with E-state index < -0.39 is 17.7 Å². The fraction of sp³-hybridized carbons (Fsp3) is 0.316. The Kier molecular flexibility index (Phi) is 4.99. The lowest BCUT2D eigenvalue weighted by Gasteiger charge is -2.25. The van der Waals surface area contributed by atoms with Crippen molar-refractivity contribution in [1.82, 2.24) is 4.90 Å². The van der Waals surface area contributed by atoms with Gasteiger partial charge in [-0.2, -0.15) is 0 Å². The lowest BCUT2D eigenvalue weighted by atomic mass is 10.0. The van der Waals surface area contributed by atoms with Crippen LogP contribution >= 0.6 is 0 Å². The van der Waals surface area contributed by atoms with Crippen molar-refractivity contribution < 1.29 is 23.4 Å². The number of aliphatic hydroxyl groups is 1. The molecule has 0 aromatic heterocycles. The van der Waals surface area contributed by atoms with Crippen LogP contribution in [0.4, 0.5) is 8.78 Å². The number of carbonyl (C=O) groups is 1. The van der Waals surface area contributed by atoms with Crippen LogP contribution in [0.1, 0.15) is 23.6 Å². The number of carbonyl (C=O) groups excluding carboxylic acids is 1. The number of benzene rings is 2. The average Bonchev–Trinajstić information content (AvgIpc) is 3.00. The number of methoxy groups -OCH3 is 1. The number of halogens is 2. The SMILES string of the molecule is COc1cccc([C@@H]2C[C@@H](O)CN2C(=O)Cc2cc(F)ccc2F)c1. The first kappa shape index (κ1) is 17.4. The molecule has 132 valence electrons. The molecule has 1 saturated heterocycles. The number of ether oxygens (including phenoxy) is 1. The maximum atomic E-state index is 13.8. The molecule has 2 aromatic rings. The summed E-state index contributed by atoms with van der Waals surface area (Å²) in [5, 5.41) is 10.0. The van der Waals surface area contributed by atoms with Crippen molar-refractivity contribution in [2.24, 2.45) is 0 Å². The van der Waals surface area contributed by atoms with Gasteiger partial charge in [0, 0.05) is 12.1 Å². The molecule has 1 aliphatic rings. The van der Waals surface area contributed by atoms with E-state index in [-0.39, 0.29) is 30.5 Å². The van der Waals surface area contributed by atoms with Gasteiger partial charge in [0.15, 0.2) is 0 Å². The molecule has 6 heteroatoms. The van der Waals surface area contributed by atoms with Crippen LogP contribution in [0.2, 0.25) is 0 Å². The van der Waals surface area contributed by atoms with Gasteiger partial charge in [-0.05, 0) is 42.3 Å². The number of rotatable bonds is 4. The van der Waals surface area contributed by atoms with Crippen LogP contribution in [0.15, 0.2) is 42.5 Å². The van der Waals surface area contributed by atoms with E-state index in [2.05, 4.69) is 0 Å². The molecule has 3 rings (SSSR count). The summed E-state index contributed by atoms with van der Waals surface area (Å²) in [6.45, 7) is 0.164. The van der Waals surface area contributed by atoms with Gasteiger partial charge in [0.2, 0.25) is 5.91 Å². The predicted molar refractivity (Wildman–Crippen MR) is 88.1 cm³/mol. The van der Waals surface area contributed by atoms with Gasteiger partial charge in [0.25, 0.3) is 0 Å². The number of amides is 1. The summed E-state index contributed by atoms with van der Waals surface area (Å²) >= 11 is 0. The normalized spacial score (nSPS) is 19.9. The van der Waals surface area contributed by atoms with E-state index >= 15 is 0 Å². The summed E-state index contributed by atoms with van der Waals surface area (Å²) in [4.78, 5) is 14.2. The van der Waals surface area contributed by atoms with E-state index in [0.717, 1.165) is 23.8 Å². The van der Waals surface area contributed by atoms with E-state index in [9.17, 15) is 18.7 Å². The van der Waals surface area contributed by atoms with Crippen molar-refractivity contribution in [3.63, 3.8) is 0 Å². The highest BCUT2D eigenvalue weighted by Gasteiger charge is 2.35. The number of likely N-dealkylation sites (tertiary alicyclic amines) is 1. The average molecular weight is 347 g/mol. The Morgan fingerprint density at radius 3 is 2.84 bits per heavy atom. The fourth-order valence-corrected chi connectivity index (χ4v) is 3.20. The minimum absolute atomic E-state index is 0.00998. The third-order valence-corrected chi connectivity index (χ3v) is 4.43. The molecular weight excluding hydrogens is 328 g/mol. The zero-order valence-electron chi connectivity index (χ0n) is 13.8. The van der Waals surface area contributed by atoms with Crippen molar-refractivity contribution in [2.45, 2.75) is 25.0 Å². The third-order valence-electron chi connectivity index (χ3n) is 4.43. The maximum Gasteiger partial charge on any atom is 0.227 e. The van der Waals surface area contributed by atoms with Crippen LogP contribution in [0, 0.1) is 11.6 Å². The van der Waals surface area contributed by atoms with Crippen molar-refractivity contribution in [3.8, 4) is 5.75 Å². The van der Waals surface area contributed by atoms with Gasteiger partial charge in [0.05, 0.1) is 25.7 Å². The second-order valence-electron chi connectivity index (χ2n) is 6.14. The highest BCUT2D eigenvalue weighted by Crippen LogP contribution is 2.34. The summed E-state index contributed by atoms with van der Waals surface area (Å²) in [5.41, 5.74) is 0.847. The molecule has 1 amide bonds. The van der Waals surface area contributed by atoms with Crippen LogP contribution < -0.4 is 4.74 Å². The third kappa shape index (κ3) is 3.79. The molecule has 1 N–H and O–H groups in total. The maximum absolute atomic E-state index is 13.8. The van der Waals surface area contributed by atoms with Gasteiger partial charge in [0.1, 0.15) is 17.4 Å². The Labute approximate surface area is 144 Å². The molecule has 25 heavy (non-hydrogen) atoms. The zero-order valence-corrected chi connectivity index (χ0v) is 13.8. The van der Waals surface area contributed by atoms with Crippen LogP contribution in [-0.4, -0.2) is 35.7 Å². The standard InChI is InChI=1S/C19H19F2NO3/c1-25-16-4-2-3-12(8-16)18-10-15(23)11-22(18)19(24)9-13-7-14(20)5-6-17(13)21/h2-8,15,18,23H,9-11H2,1H3/t15-,18+/m1/s1. The Balaban J connectivity index is 1.83. The molecule has 0 spiro atoms. The predicted octanol–water partition coefficient (Wildman–Crippen LogP) is 2.85. The van der Waals surface area contributed by atoms with Gasteiger partial charge >= 0.3 is 0 Å². The van der Waals surface area contributed by atoms with E-state index in [1.54, 1.807) is 13.2 Å². The minimum atomic E-state index is -0.655. The molecule has 0 saturated carbocycles. The zero-order chi connectivity index (χ0) is 18.0. The van der Waals surface area contributed by atoms with Gasteiger partial charge in [-0.1, -0.05) is 12.1 Å². The number of β-amino-alcohol motifs (C(OH)–C–C–N with tert-alkyl or cyclic N) is 1. The van der Waals surface area contributed by atoms with Crippen LogP contribution in [0.3, 0.4) is 0 Å². The van der Waals surface area contributed by atoms with Crippen molar-refractivity contribution in [3.05, 3.63) is 65.2 Å². The lowest BCUT2D eigenvalue weighted by Crippen LogP contribution is -2.33. The van der Waals surface area contributed by atoms with Crippen LogP contribution in [0.5, 0.6) is 5.75 Å². The number of nitrogens with zero attached hydrogens (tertiary/aromatic N) is 1. The summed E-state index contributed by atoms with van der Waals surface area (Å²) in [7, 11) is 1.55. The highest BCUT2D eigenvalue weighted by molar-refractivity contribution is 5.79. The van der Waals surface area contributed by atoms with E-state index in [4.69, 9.17) is 4.74 Å². The summed E-state index contributed by atoms with van der Waals surface area (Å²) in [6.07, 6.45) is -0.515. The largest absolute Gasteiger partial charge is 0.497 e. The first-order chi connectivity index (χ1) is 12.0. The number of aliphatic hydroxyl groups excluding tert-OH is 1. The van der Waals surface area contributed by atoms with Gasteiger partial charge in [-0.25, -0.2) is 8.78 Å². The van der Waals surface area contributed by atoms with E-state index in [0.29, 0.717) is 12.2 Å². The molecule has 0 aliphatic carbocycles. The first-order valence-corrected chi connectivity index (χ1v) is 8.03. The summed E-state index contributed by atoms with van der Waals surface area (Å²) in [5.74, 6) is -0.904. The number of hydrogen-bond donors (Lipinski definition) is 1. The molecule has 1 fully saturated rings. The van der Waals surface area contributed by atoms with Gasteiger partial charge in [-0.15, -0.1) is 0 Å². The van der Waals surface area contributed by atoms with Crippen molar-refractivity contribution >= 4 is 5.91 Å². The fourth-order valence-electron chi connectivity index (χ4n) is 3.20. The first-order valence-electron chi connectivity index (χ1n) is 8.03. The monoisotopic (exact) mass is 347 g/mol. The van der Waals surface area contributed by atoms with Crippen LogP contribution in [0.25, 0.3) is 0 Å². The molecule has 0 unspecified atom stereocenters. The second kappa shape index (κ2) is 7.19. The molecule has 1 aliphatic heterocycles. The molecule has 0 radical (unpaired) electrons. The molecule has 4 nitrogen and oxygen atoms in total. The lowest BCUT2D eigenvalue weighted by molar-refractivity contribution is -0.131. The quantitative estimate of drug-likeness (QED) is 0.925. The van der Waals surface area contributed by atoms with Crippen molar-refractivity contribution in [2.75, 3.05) is 13.7 Å². The Hall–Kier alpha value is -2.47. The Bertz CT molecular complexity index is 781. The Morgan fingerprint density at radius 2 is 2.08 bits per heavy atom. The molecular formula is C19H19F2NO3. The topological polar surface area (TPSA) is 49.8 Å². The smallest absolute Gasteiger partial charge is 0.227 e. The second-order valence-corrected chi connectivity index (χ2v) is 6.14. The Morgan fingerprint density at radius 1 is 1.28 bits per heavy atom. The molecule has 1 heterocycles. The van der Waals surface area contributed by atoms with E-state index in [1.807, 2.05) is 18.2 Å². The van der Waals surface area contributed by atoms with Gasteiger partial charge < -0.3 is 14.7 Å². The van der Waals surface area contributed by atoms with Crippen LogP contribution in [-0.2, 0) is 11.2 Å². The summed E-state index contributed by atoms with van der Waals surface area (Å²) < 4.78 is 32.3. The number of hydrogen-bond acceptors (Lipinski definition) is 3.